The van der Waals surface area contributed by atoms with Crippen molar-refractivity contribution in [3.05, 3.63) is 52.1 Å². The molecule has 0 atom stereocenters. The summed E-state index contributed by atoms with van der Waals surface area (Å²) < 4.78 is 11.3. The average Bonchev–Trinajstić information content (AvgIpc) is 2.76. The molecule has 0 aliphatic rings. The number of carbonyl (C=O) groups is 2. The van der Waals surface area contributed by atoms with Gasteiger partial charge in [-0.15, -0.1) is 0 Å². The van der Waals surface area contributed by atoms with Gasteiger partial charge >= 0.3 is 0 Å². The first-order valence-corrected chi connectivity index (χ1v) is 10.2. The number of nitrogens with one attached hydrogen (secondary N) is 2. The van der Waals surface area contributed by atoms with Gasteiger partial charge in [0.15, 0.2) is 11.5 Å². The predicted molar refractivity (Wildman–Crippen MR) is 118 cm³/mol. The fourth-order valence-electron chi connectivity index (χ4n) is 2.63. The van der Waals surface area contributed by atoms with Crippen molar-refractivity contribution in [3.8, 4) is 11.5 Å². The van der Waals surface area contributed by atoms with E-state index in [4.69, 9.17) is 9.47 Å². The molecule has 9 heteroatoms. The lowest BCUT2D eigenvalue weighted by atomic mass is 10.1. The minimum absolute atomic E-state index is 0.00653. The Balaban J connectivity index is 2.35. The average molecular weight is 429 g/mol. The van der Waals surface area contributed by atoms with Gasteiger partial charge in [-0.1, -0.05) is 26.8 Å². The lowest BCUT2D eigenvalue weighted by Crippen LogP contribution is -2.15. The van der Waals surface area contributed by atoms with Crippen LogP contribution in [0.3, 0.4) is 0 Å². The van der Waals surface area contributed by atoms with Crippen molar-refractivity contribution in [1.29, 1.82) is 0 Å². The highest BCUT2D eigenvalue weighted by Gasteiger charge is 2.22. The maximum absolute atomic E-state index is 12.8. The van der Waals surface area contributed by atoms with Gasteiger partial charge in [-0.05, 0) is 31.0 Å². The molecule has 0 radical (unpaired) electrons. The van der Waals surface area contributed by atoms with Gasteiger partial charge in [-0.25, -0.2) is 0 Å². The quantitative estimate of drug-likeness (QED) is 0.392. The van der Waals surface area contributed by atoms with Crippen LogP contribution >= 0.6 is 0 Å². The minimum Gasteiger partial charge on any atom is -0.490 e. The molecule has 0 unspecified atom stereocenters. The van der Waals surface area contributed by atoms with Gasteiger partial charge in [-0.2, -0.15) is 0 Å². The van der Waals surface area contributed by atoms with E-state index in [1.165, 1.54) is 18.2 Å². The predicted octanol–water partition coefficient (Wildman–Crippen LogP) is 4.77. The molecule has 0 fully saturated rings. The fraction of sp³-hybridized carbons (Fsp3) is 0.364. The highest BCUT2D eigenvalue weighted by Crippen LogP contribution is 2.38. The molecule has 9 nitrogen and oxygen atoms in total. The van der Waals surface area contributed by atoms with Crippen molar-refractivity contribution >= 4 is 28.9 Å². The first-order chi connectivity index (χ1) is 14.9. The number of amides is 2. The number of nitrogens with zero attached hydrogens (tertiary/aromatic N) is 1. The number of nitro benzene ring substituents is 1. The van der Waals surface area contributed by atoms with E-state index in [-0.39, 0.29) is 28.6 Å². The van der Waals surface area contributed by atoms with Crippen LogP contribution in [0, 0.1) is 10.1 Å². The van der Waals surface area contributed by atoms with E-state index < -0.39 is 10.8 Å². The largest absolute Gasteiger partial charge is 0.490 e. The summed E-state index contributed by atoms with van der Waals surface area (Å²) >= 11 is 0. The van der Waals surface area contributed by atoms with Crippen LogP contribution < -0.4 is 20.1 Å². The molecular formula is C22H27N3O6. The van der Waals surface area contributed by atoms with Gasteiger partial charge in [0, 0.05) is 23.7 Å². The molecule has 0 heterocycles. The van der Waals surface area contributed by atoms with Crippen LogP contribution in [0.5, 0.6) is 11.5 Å². The number of nitro groups is 1. The highest BCUT2D eigenvalue weighted by atomic mass is 16.6. The van der Waals surface area contributed by atoms with Gasteiger partial charge in [0.25, 0.3) is 11.6 Å². The summed E-state index contributed by atoms with van der Waals surface area (Å²) in [4.78, 5) is 35.4. The molecule has 2 aromatic carbocycles. The molecule has 2 N–H and O–H groups in total. The Morgan fingerprint density at radius 1 is 0.968 bits per heavy atom. The Hall–Kier alpha value is -3.62. The molecule has 2 amide bonds. The smallest absolute Gasteiger partial charge is 0.296 e. The van der Waals surface area contributed by atoms with Crippen molar-refractivity contribution in [2.45, 2.75) is 40.0 Å². The lowest BCUT2D eigenvalue weighted by molar-refractivity contribution is -0.384. The number of benzene rings is 2. The van der Waals surface area contributed by atoms with Gasteiger partial charge in [-0.3, -0.25) is 19.7 Å². The third-order valence-electron chi connectivity index (χ3n) is 4.16. The van der Waals surface area contributed by atoms with Crippen molar-refractivity contribution in [3.63, 3.8) is 0 Å². The zero-order valence-corrected chi connectivity index (χ0v) is 17.9. The van der Waals surface area contributed by atoms with E-state index in [2.05, 4.69) is 10.6 Å². The summed E-state index contributed by atoms with van der Waals surface area (Å²) in [5.41, 5.74) is 0.390. The second-order valence-corrected chi connectivity index (χ2v) is 6.71. The highest BCUT2D eigenvalue weighted by molar-refractivity contribution is 6.06. The molecule has 0 aliphatic heterocycles. The Kier molecular flexibility index (Phi) is 8.80. The Labute approximate surface area is 180 Å². The molecule has 0 aromatic heterocycles. The molecular weight excluding hydrogens is 402 g/mol. The first kappa shape index (κ1) is 23.7. The van der Waals surface area contributed by atoms with Gasteiger partial charge < -0.3 is 20.1 Å². The van der Waals surface area contributed by atoms with Gasteiger partial charge in [0.05, 0.1) is 24.2 Å². The van der Waals surface area contributed by atoms with E-state index in [1.807, 2.05) is 13.8 Å². The molecule has 0 bridgehead atoms. The molecule has 166 valence electrons. The summed E-state index contributed by atoms with van der Waals surface area (Å²) in [5, 5.41) is 16.9. The van der Waals surface area contributed by atoms with E-state index in [0.717, 1.165) is 12.8 Å². The SMILES string of the molecule is CCCOc1cc(NC(=O)c2cccc(NC(=O)CC)c2)c([N+](=O)[O-])cc1OCCC. The number of rotatable bonds is 11. The normalized spacial score (nSPS) is 10.3. The van der Waals surface area contributed by atoms with Crippen molar-refractivity contribution in [2.75, 3.05) is 23.8 Å². The number of hydrogen-bond donors (Lipinski definition) is 2. The zero-order valence-electron chi connectivity index (χ0n) is 17.9. The Morgan fingerprint density at radius 3 is 2.19 bits per heavy atom. The number of anilines is 2. The van der Waals surface area contributed by atoms with E-state index in [1.54, 1.807) is 25.1 Å². The van der Waals surface area contributed by atoms with Crippen LogP contribution in [0.2, 0.25) is 0 Å². The summed E-state index contributed by atoms with van der Waals surface area (Å²) in [6.07, 6.45) is 1.77. The van der Waals surface area contributed by atoms with E-state index in [9.17, 15) is 19.7 Å². The second-order valence-electron chi connectivity index (χ2n) is 6.71. The van der Waals surface area contributed by atoms with Crippen molar-refractivity contribution in [1.82, 2.24) is 0 Å². The van der Waals surface area contributed by atoms with E-state index in [0.29, 0.717) is 31.1 Å². The van der Waals surface area contributed by atoms with Crippen LogP contribution in [0.1, 0.15) is 50.4 Å². The summed E-state index contributed by atoms with van der Waals surface area (Å²) in [6, 6.07) is 8.99. The number of ether oxygens (including phenoxy) is 2. The maximum Gasteiger partial charge on any atom is 0.296 e. The molecule has 2 aromatic rings. The standard InChI is InChI=1S/C22H27N3O6/c1-4-10-30-19-13-17(18(25(28)29)14-20(19)31-11-5-2)24-22(27)15-8-7-9-16(12-15)23-21(26)6-3/h7-9,12-14H,4-6,10-11H2,1-3H3,(H,23,26)(H,24,27). The van der Waals surface area contributed by atoms with Crippen LogP contribution in [-0.2, 0) is 4.79 Å². The van der Waals surface area contributed by atoms with Crippen LogP contribution in [0.25, 0.3) is 0 Å². The van der Waals surface area contributed by atoms with Crippen molar-refractivity contribution in [2.24, 2.45) is 0 Å². The van der Waals surface area contributed by atoms with E-state index >= 15 is 0 Å². The van der Waals surface area contributed by atoms with Crippen LogP contribution in [-0.4, -0.2) is 30.0 Å². The summed E-state index contributed by atoms with van der Waals surface area (Å²) in [6.45, 7) is 6.35. The van der Waals surface area contributed by atoms with Gasteiger partial charge in [0.1, 0.15) is 5.69 Å². The molecule has 0 saturated heterocycles. The lowest BCUT2D eigenvalue weighted by Gasteiger charge is -2.15. The maximum atomic E-state index is 12.8. The second kappa shape index (κ2) is 11.5. The monoisotopic (exact) mass is 429 g/mol. The molecule has 0 aliphatic carbocycles. The summed E-state index contributed by atoms with van der Waals surface area (Å²) in [5.74, 6) is -0.169. The third kappa shape index (κ3) is 6.70. The summed E-state index contributed by atoms with van der Waals surface area (Å²) in [7, 11) is 0. The zero-order chi connectivity index (χ0) is 22.8. The minimum atomic E-state index is -0.587. The number of carbonyl (C=O) groups excluding carboxylic acids is 2. The third-order valence-corrected chi connectivity index (χ3v) is 4.16. The fourth-order valence-corrected chi connectivity index (χ4v) is 2.63. The number of hydrogen-bond acceptors (Lipinski definition) is 6. The molecule has 0 saturated carbocycles. The topological polar surface area (TPSA) is 120 Å². The molecule has 31 heavy (non-hydrogen) atoms. The Morgan fingerprint density at radius 2 is 1.61 bits per heavy atom. The van der Waals surface area contributed by atoms with Crippen LogP contribution in [0.4, 0.5) is 17.1 Å². The first-order valence-electron chi connectivity index (χ1n) is 10.2. The van der Waals surface area contributed by atoms with Crippen LogP contribution in [0.15, 0.2) is 36.4 Å². The Bertz CT molecular complexity index is 945. The van der Waals surface area contributed by atoms with Gasteiger partial charge in [0.2, 0.25) is 5.91 Å². The molecule has 2 rings (SSSR count). The van der Waals surface area contributed by atoms with Crippen molar-refractivity contribution < 1.29 is 24.0 Å². The molecule has 0 spiro atoms.